The van der Waals surface area contributed by atoms with Crippen molar-refractivity contribution in [3.8, 4) is 9.88 Å². The van der Waals surface area contributed by atoms with Crippen molar-refractivity contribution in [3.05, 3.63) is 24.9 Å². The summed E-state index contributed by atoms with van der Waals surface area (Å²) < 4.78 is 2.17. The van der Waals surface area contributed by atoms with Crippen LogP contribution in [0, 0.1) is 6.92 Å². The third kappa shape index (κ3) is 2.41. The molecule has 2 heterocycles. The lowest BCUT2D eigenvalue weighted by Crippen LogP contribution is -2.03. The number of thiazole rings is 1. The van der Waals surface area contributed by atoms with E-state index in [0.717, 1.165) is 23.8 Å². The van der Waals surface area contributed by atoms with E-state index in [2.05, 4.69) is 42.9 Å². The van der Waals surface area contributed by atoms with E-state index in [1.54, 1.807) is 22.7 Å². The van der Waals surface area contributed by atoms with Gasteiger partial charge in [-0.3, -0.25) is 0 Å². The summed E-state index contributed by atoms with van der Waals surface area (Å²) in [4.78, 5) is 6.89. The van der Waals surface area contributed by atoms with Crippen LogP contribution in [-0.2, 0) is 0 Å². The van der Waals surface area contributed by atoms with Crippen molar-refractivity contribution in [2.45, 2.75) is 19.9 Å². The summed E-state index contributed by atoms with van der Waals surface area (Å²) in [6.07, 6.45) is 0. The molecule has 0 spiro atoms. The van der Waals surface area contributed by atoms with Crippen LogP contribution in [0.2, 0.25) is 0 Å². The minimum Gasteiger partial charge on any atom is -0.323 e. The van der Waals surface area contributed by atoms with E-state index in [-0.39, 0.29) is 6.04 Å². The molecular weight excluding hydrogens is 372 g/mol. The molecule has 2 aromatic heterocycles. The van der Waals surface area contributed by atoms with Crippen LogP contribution in [0.1, 0.15) is 23.5 Å². The van der Waals surface area contributed by atoms with Gasteiger partial charge in [-0.15, -0.1) is 22.7 Å². The van der Waals surface area contributed by atoms with Crippen molar-refractivity contribution in [1.82, 2.24) is 4.98 Å². The molecule has 86 valence electrons. The number of hydrogen-bond acceptors (Lipinski definition) is 4. The first-order chi connectivity index (χ1) is 7.49. The van der Waals surface area contributed by atoms with Gasteiger partial charge in [-0.2, -0.15) is 0 Å². The fourth-order valence-corrected chi connectivity index (χ4v) is 4.49. The Kier molecular flexibility index (Phi) is 3.86. The molecule has 0 bridgehead atoms. The van der Waals surface area contributed by atoms with Gasteiger partial charge in [-0.25, -0.2) is 4.98 Å². The summed E-state index contributed by atoms with van der Waals surface area (Å²) in [5.41, 5.74) is 6.93. The SMILES string of the molecule is Cc1nc(-c2cc(Br)c(Br)s2)sc1C(C)N. The van der Waals surface area contributed by atoms with Gasteiger partial charge < -0.3 is 5.73 Å². The fourth-order valence-electron chi connectivity index (χ4n) is 1.39. The molecule has 1 unspecified atom stereocenters. The van der Waals surface area contributed by atoms with Crippen LogP contribution < -0.4 is 5.73 Å². The number of rotatable bonds is 2. The number of aryl methyl sites for hydroxylation is 1. The first kappa shape index (κ1) is 12.7. The molecule has 0 aromatic carbocycles. The van der Waals surface area contributed by atoms with Crippen molar-refractivity contribution < 1.29 is 0 Å². The molecule has 1 atom stereocenters. The number of halogens is 2. The van der Waals surface area contributed by atoms with E-state index in [0.29, 0.717) is 0 Å². The van der Waals surface area contributed by atoms with Crippen molar-refractivity contribution >= 4 is 54.5 Å². The topological polar surface area (TPSA) is 38.9 Å². The fraction of sp³-hybridized carbons (Fsp3) is 0.300. The largest absolute Gasteiger partial charge is 0.323 e. The Morgan fingerprint density at radius 1 is 1.38 bits per heavy atom. The molecule has 2 nitrogen and oxygen atoms in total. The maximum absolute atomic E-state index is 5.90. The molecule has 0 aliphatic carbocycles. The zero-order valence-electron chi connectivity index (χ0n) is 8.75. The van der Waals surface area contributed by atoms with Crippen molar-refractivity contribution in [2.75, 3.05) is 0 Å². The van der Waals surface area contributed by atoms with E-state index in [1.807, 2.05) is 13.8 Å². The second kappa shape index (κ2) is 4.86. The zero-order chi connectivity index (χ0) is 11.9. The third-order valence-electron chi connectivity index (χ3n) is 2.10. The number of nitrogens with two attached hydrogens (primary N) is 1. The second-order valence-corrected chi connectivity index (χ2v) is 7.74. The molecule has 0 fully saturated rings. The molecule has 0 aliphatic heterocycles. The van der Waals surface area contributed by atoms with E-state index < -0.39 is 0 Å². The average molecular weight is 382 g/mol. The highest BCUT2D eigenvalue weighted by atomic mass is 79.9. The molecule has 0 saturated carbocycles. The predicted octanol–water partition coefficient (Wildman–Crippen LogP) is 4.72. The lowest BCUT2D eigenvalue weighted by atomic mass is 10.2. The zero-order valence-corrected chi connectivity index (χ0v) is 13.6. The average Bonchev–Trinajstić information content (AvgIpc) is 2.71. The Bertz CT molecular complexity index is 497. The predicted molar refractivity (Wildman–Crippen MR) is 78.2 cm³/mol. The van der Waals surface area contributed by atoms with Gasteiger partial charge in [-0.1, -0.05) is 0 Å². The molecule has 2 N–H and O–H groups in total. The lowest BCUT2D eigenvalue weighted by molar-refractivity contribution is 0.825. The third-order valence-corrected chi connectivity index (χ3v) is 6.89. The monoisotopic (exact) mass is 380 g/mol. The summed E-state index contributed by atoms with van der Waals surface area (Å²) in [5.74, 6) is 0. The lowest BCUT2D eigenvalue weighted by Gasteiger charge is -1.99. The molecule has 16 heavy (non-hydrogen) atoms. The van der Waals surface area contributed by atoms with Crippen molar-refractivity contribution in [3.63, 3.8) is 0 Å². The highest BCUT2D eigenvalue weighted by Crippen LogP contribution is 2.40. The Balaban J connectivity index is 2.45. The summed E-state index contributed by atoms with van der Waals surface area (Å²) in [5, 5.41) is 1.04. The Morgan fingerprint density at radius 3 is 2.50 bits per heavy atom. The molecular formula is C10H10Br2N2S2. The summed E-state index contributed by atoms with van der Waals surface area (Å²) in [6, 6.07) is 2.14. The van der Waals surface area contributed by atoms with Gasteiger partial charge in [0.1, 0.15) is 5.01 Å². The van der Waals surface area contributed by atoms with Crippen LogP contribution in [0.5, 0.6) is 0 Å². The van der Waals surface area contributed by atoms with Crippen LogP contribution in [0.4, 0.5) is 0 Å². The van der Waals surface area contributed by atoms with Crippen LogP contribution in [-0.4, -0.2) is 4.98 Å². The van der Waals surface area contributed by atoms with Crippen LogP contribution >= 0.6 is 54.5 Å². The van der Waals surface area contributed by atoms with Gasteiger partial charge in [0.2, 0.25) is 0 Å². The maximum atomic E-state index is 5.90. The van der Waals surface area contributed by atoms with Crippen molar-refractivity contribution in [1.29, 1.82) is 0 Å². The van der Waals surface area contributed by atoms with E-state index in [4.69, 9.17) is 5.73 Å². The van der Waals surface area contributed by atoms with Crippen LogP contribution in [0.15, 0.2) is 14.3 Å². The van der Waals surface area contributed by atoms with Crippen LogP contribution in [0.3, 0.4) is 0 Å². The highest BCUT2D eigenvalue weighted by molar-refractivity contribution is 9.13. The van der Waals surface area contributed by atoms with Gasteiger partial charge >= 0.3 is 0 Å². The van der Waals surface area contributed by atoms with Gasteiger partial charge in [0.25, 0.3) is 0 Å². The Labute approximate surface area is 119 Å². The first-order valence-corrected chi connectivity index (χ1v) is 7.89. The molecule has 0 radical (unpaired) electrons. The van der Waals surface area contributed by atoms with Gasteiger partial charge in [0, 0.05) is 15.4 Å². The van der Waals surface area contributed by atoms with E-state index in [1.165, 1.54) is 4.88 Å². The molecule has 6 heteroatoms. The highest BCUT2D eigenvalue weighted by Gasteiger charge is 2.15. The van der Waals surface area contributed by atoms with E-state index in [9.17, 15) is 0 Å². The Morgan fingerprint density at radius 2 is 2.06 bits per heavy atom. The number of nitrogens with zero attached hydrogens (tertiary/aromatic N) is 1. The maximum Gasteiger partial charge on any atom is 0.134 e. The molecule has 0 saturated heterocycles. The summed E-state index contributed by atoms with van der Waals surface area (Å²) in [7, 11) is 0. The van der Waals surface area contributed by atoms with Gasteiger partial charge in [-0.05, 0) is 51.8 Å². The molecule has 0 aliphatic rings. The molecule has 2 aromatic rings. The normalized spacial score (nSPS) is 13.1. The van der Waals surface area contributed by atoms with Crippen LogP contribution in [0.25, 0.3) is 9.88 Å². The number of hydrogen-bond donors (Lipinski definition) is 1. The van der Waals surface area contributed by atoms with Crippen molar-refractivity contribution in [2.24, 2.45) is 5.73 Å². The summed E-state index contributed by atoms with van der Waals surface area (Å²) >= 11 is 10.3. The van der Waals surface area contributed by atoms with Gasteiger partial charge in [0.05, 0.1) is 14.4 Å². The first-order valence-electron chi connectivity index (χ1n) is 4.67. The number of thiophene rings is 1. The smallest absolute Gasteiger partial charge is 0.134 e. The van der Waals surface area contributed by atoms with E-state index >= 15 is 0 Å². The standard InChI is InChI=1S/C10H10Br2N2S2/c1-4(13)8-5(2)14-10(16-8)7-3-6(11)9(12)15-7/h3-4H,13H2,1-2H3. The summed E-state index contributed by atoms with van der Waals surface area (Å²) in [6.45, 7) is 4.00. The molecule has 2 rings (SSSR count). The minimum absolute atomic E-state index is 0.0538. The Hall–Kier alpha value is 0.250. The molecule has 0 amide bonds. The quantitative estimate of drug-likeness (QED) is 0.816. The van der Waals surface area contributed by atoms with Gasteiger partial charge in [0.15, 0.2) is 0 Å². The minimum atomic E-state index is 0.0538. The number of aromatic nitrogens is 1. The second-order valence-electron chi connectivity index (χ2n) is 3.49.